The molecule has 1 unspecified atom stereocenters. The number of nitrogen functional groups attached to an aromatic ring is 1. The number of Topliss-reactive ketones (excluding diaryl/α,β-unsaturated/α-hetero) is 1. The Morgan fingerprint density at radius 2 is 2.25 bits per heavy atom. The summed E-state index contributed by atoms with van der Waals surface area (Å²) in [6.45, 7) is 1.77. The van der Waals surface area contributed by atoms with Gasteiger partial charge in [0, 0.05) is 17.9 Å². The number of ether oxygens (including phenoxy) is 1. The van der Waals surface area contributed by atoms with Gasteiger partial charge in [0.25, 0.3) is 0 Å². The highest BCUT2D eigenvalue weighted by Gasteiger charge is 2.19. The summed E-state index contributed by atoms with van der Waals surface area (Å²) < 4.78 is 4.72. The summed E-state index contributed by atoms with van der Waals surface area (Å²) in [5.74, 6) is 0.354. The number of esters is 1. The molecule has 0 amide bonds. The highest BCUT2D eigenvalue weighted by molar-refractivity contribution is 8.04. The van der Waals surface area contributed by atoms with Crippen LogP contribution in [0.2, 0.25) is 0 Å². The lowest BCUT2D eigenvalue weighted by molar-refractivity contribution is -0.142. The van der Waals surface area contributed by atoms with Crippen molar-refractivity contribution >= 4 is 35.3 Å². The summed E-state index contributed by atoms with van der Waals surface area (Å²) in [4.78, 5) is 23.9. The van der Waals surface area contributed by atoms with Gasteiger partial charge in [-0.2, -0.15) is 0 Å². The number of allylic oxidation sites excluding steroid dienone is 1. The van der Waals surface area contributed by atoms with Crippen LogP contribution < -0.4 is 5.73 Å². The molecule has 0 radical (unpaired) electrons. The van der Waals surface area contributed by atoms with Crippen molar-refractivity contribution < 1.29 is 14.3 Å². The van der Waals surface area contributed by atoms with Crippen molar-refractivity contribution in [3.63, 3.8) is 0 Å². The van der Waals surface area contributed by atoms with E-state index in [1.165, 1.54) is 7.11 Å². The van der Waals surface area contributed by atoms with Crippen molar-refractivity contribution in [2.75, 3.05) is 18.6 Å². The SMILES string of the molecule is COC(=O)C(C)c1ccc(/C=C2\SCCC2=O)c(N)c1. The molecule has 0 aromatic heterocycles. The Hall–Kier alpha value is -1.75. The zero-order valence-electron chi connectivity index (χ0n) is 11.5. The molecule has 4 nitrogen and oxygen atoms in total. The van der Waals surface area contributed by atoms with Gasteiger partial charge in [-0.3, -0.25) is 9.59 Å². The van der Waals surface area contributed by atoms with Gasteiger partial charge in [-0.15, -0.1) is 11.8 Å². The third kappa shape index (κ3) is 3.04. The van der Waals surface area contributed by atoms with Crippen molar-refractivity contribution in [3.05, 3.63) is 34.2 Å². The fraction of sp³-hybridized carbons (Fsp3) is 0.333. The molecular weight excluding hydrogens is 274 g/mol. The van der Waals surface area contributed by atoms with Crippen molar-refractivity contribution in [2.24, 2.45) is 0 Å². The summed E-state index contributed by atoms with van der Waals surface area (Å²) in [6.07, 6.45) is 2.41. The first-order valence-corrected chi connectivity index (χ1v) is 7.36. The van der Waals surface area contributed by atoms with Crippen LogP contribution in [0.4, 0.5) is 5.69 Å². The molecular formula is C15H17NO3S. The van der Waals surface area contributed by atoms with Crippen molar-refractivity contribution in [3.8, 4) is 0 Å². The van der Waals surface area contributed by atoms with Gasteiger partial charge in [0.2, 0.25) is 0 Å². The van der Waals surface area contributed by atoms with Gasteiger partial charge in [0.1, 0.15) is 0 Å². The topological polar surface area (TPSA) is 69.4 Å². The summed E-state index contributed by atoms with van der Waals surface area (Å²) in [5, 5.41) is 0. The zero-order valence-corrected chi connectivity index (χ0v) is 12.3. The third-order valence-electron chi connectivity index (χ3n) is 3.31. The van der Waals surface area contributed by atoms with Crippen LogP contribution in [-0.4, -0.2) is 24.6 Å². The molecule has 106 valence electrons. The lowest BCUT2D eigenvalue weighted by Crippen LogP contribution is -2.11. The van der Waals surface area contributed by atoms with Gasteiger partial charge in [-0.1, -0.05) is 12.1 Å². The number of benzene rings is 1. The number of rotatable bonds is 3. The van der Waals surface area contributed by atoms with E-state index in [0.29, 0.717) is 12.1 Å². The molecule has 20 heavy (non-hydrogen) atoms. The predicted molar refractivity (Wildman–Crippen MR) is 81.3 cm³/mol. The Balaban J connectivity index is 2.26. The average Bonchev–Trinajstić information content (AvgIpc) is 2.84. The quantitative estimate of drug-likeness (QED) is 0.526. The van der Waals surface area contributed by atoms with E-state index in [-0.39, 0.29) is 17.7 Å². The first-order chi connectivity index (χ1) is 9.52. The van der Waals surface area contributed by atoms with Gasteiger partial charge < -0.3 is 10.5 Å². The normalized spacial score (nSPS) is 18.3. The second-order valence-electron chi connectivity index (χ2n) is 4.66. The van der Waals surface area contributed by atoms with E-state index in [9.17, 15) is 9.59 Å². The van der Waals surface area contributed by atoms with E-state index >= 15 is 0 Å². The number of carbonyl (C=O) groups excluding carboxylic acids is 2. The maximum Gasteiger partial charge on any atom is 0.312 e. The second-order valence-corrected chi connectivity index (χ2v) is 5.80. The van der Waals surface area contributed by atoms with Gasteiger partial charge in [0.05, 0.1) is 17.9 Å². The maximum atomic E-state index is 11.6. The van der Waals surface area contributed by atoms with Crippen LogP contribution in [0, 0.1) is 0 Å². The number of ketones is 1. The summed E-state index contributed by atoms with van der Waals surface area (Å²) in [7, 11) is 1.36. The smallest absolute Gasteiger partial charge is 0.312 e. The van der Waals surface area contributed by atoms with Crippen molar-refractivity contribution in [1.82, 2.24) is 0 Å². The van der Waals surface area contributed by atoms with Gasteiger partial charge in [-0.05, 0) is 30.2 Å². The zero-order chi connectivity index (χ0) is 14.7. The molecule has 5 heteroatoms. The molecule has 1 aromatic rings. The number of hydrogen-bond acceptors (Lipinski definition) is 5. The van der Waals surface area contributed by atoms with Crippen LogP contribution in [0.3, 0.4) is 0 Å². The lowest BCUT2D eigenvalue weighted by Gasteiger charge is -2.11. The molecule has 1 atom stereocenters. The molecule has 0 saturated carbocycles. The molecule has 1 fully saturated rings. The predicted octanol–water partition coefficient (Wildman–Crippen LogP) is 2.59. The average molecular weight is 291 g/mol. The van der Waals surface area contributed by atoms with E-state index in [2.05, 4.69) is 0 Å². The highest BCUT2D eigenvalue weighted by Crippen LogP contribution is 2.31. The van der Waals surface area contributed by atoms with Crippen LogP contribution in [-0.2, 0) is 14.3 Å². The summed E-state index contributed by atoms with van der Waals surface area (Å²) >= 11 is 1.55. The Bertz CT molecular complexity index is 580. The van der Waals surface area contributed by atoms with E-state index in [1.54, 1.807) is 24.8 Å². The highest BCUT2D eigenvalue weighted by atomic mass is 32.2. The number of anilines is 1. The Kier molecular flexibility index (Phi) is 4.49. The van der Waals surface area contributed by atoms with Gasteiger partial charge in [0.15, 0.2) is 5.78 Å². The molecule has 0 bridgehead atoms. The minimum Gasteiger partial charge on any atom is -0.469 e. The van der Waals surface area contributed by atoms with Crippen LogP contribution in [0.5, 0.6) is 0 Å². The number of nitrogens with two attached hydrogens (primary N) is 1. The molecule has 1 saturated heterocycles. The van der Waals surface area contributed by atoms with E-state index in [0.717, 1.165) is 21.8 Å². The van der Waals surface area contributed by atoms with Crippen molar-refractivity contribution in [1.29, 1.82) is 0 Å². The molecule has 2 rings (SSSR count). The number of hydrogen-bond donors (Lipinski definition) is 1. The van der Waals surface area contributed by atoms with Crippen LogP contribution >= 0.6 is 11.8 Å². The fourth-order valence-corrected chi connectivity index (χ4v) is 3.01. The lowest BCUT2D eigenvalue weighted by atomic mass is 9.98. The molecule has 1 aromatic carbocycles. The molecule has 2 N–H and O–H groups in total. The number of methoxy groups -OCH3 is 1. The molecule has 0 spiro atoms. The van der Waals surface area contributed by atoms with E-state index in [4.69, 9.17) is 10.5 Å². The monoisotopic (exact) mass is 291 g/mol. The minimum atomic E-state index is -0.355. The largest absolute Gasteiger partial charge is 0.469 e. The van der Waals surface area contributed by atoms with E-state index in [1.807, 2.05) is 18.2 Å². The Labute approximate surface area is 122 Å². The first kappa shape index (κ1) is 14.7. The molecule has 1 heterocycles. The van der Waals surface area contributed by atoms with Crippen LogP contribution in [0.15, 0.2) is 23.1 Å². The van der Waals surface area contributed by atoms with Crippen molar-refractivity contribution in [2.45, 2.75) is 19.3 Å². The minimum absolute atomic E-state index is 0.168. The maximum absolute atomic E-state index is 11.6. The molecule has 1 aliphatic heterocycles. The van der Waals surface area contributed by atoms with Crippen LogP contribution in [0.25, 0.3) is 6.08 Å². The summed E-state index contributed by atoms with van der Waals surface area (Å²) in [5.41, 5.74) is 8.18. The van der Waals surface area contributed by atoms with Crippen LogP contribution in [0.1, 0.15) is 30.4 Å². The third-order valence-corrected chi connectivity index (χ3v) is 4.38. The number of thioether (sulfide) groups is 1. The first-order valence-electron chi connectivity index (χ1n) is 6.38. The standard InChI is InChI=1S/C15H17NO3S/c1-9(15(18)19-2)10-3-4-11(12(16)7-10)8-14-13(17)5-6-20-14/h3-4,7-9H,5-6,16H2,1-2H3/b14-8-. The number of carbonyl (C=O) groups is 2. The van der Waals surface area contributed by atoms with E-state index < -0.39 is 0 Å². The van der Waals surface area contributed by atoms with Gasteiger partial charge >= 0.3 is 5.97 Å². The fourth-order valence-electron chi connectivity index (χ4n) is 2.03. The van der Waals surface area contributed by atoms with Gasteiger partial charge in [-0.25, -0.2) is 0 Å². The molecule has 0 aliphatic carbocycles. The summed E-state index contributed by atoms with van der Waals surface area (Å²) in [6, 6.07) is 5.44. The second kappa shape index (κ2) is 6.13. The Morgan fingerprint density at radius 3 is 2.80 bits per heavy atom. The Morgan fingerprint density at radius 1 is 1.50 bits per heavy atom. The molecule has 1 aliphatic rings.